The van der Waals surface area contributed by atoms with Crippen LogP contribution >= 0.6 is 0 Å². The average molecular weight is 1250 g/mol. The van der Waals surface area contributed by atoms with E-state index in [1.54, 1.807) is 44.2 Å². The molecule has 0 spiro atoms. The monoisotopic (exact) mass is 1250 g/mol. The van der Waals surface area contributed by atoms with Crippen LogP contribution in [0.5, 0.6) is 5.75 Å². The second kappa shape index (κ2) is 36.6. The molecule has 89 heavy (non-hydrogen) atoms. The highest BCUT2D eigenvalue weighted by Crippen LogP contribution is 2.21. The van der Waals surface area contributed by atoms with Crippen LogP contribution in [0.25, 0.3) is 0 Å². The van der Waals surface area contributed by atoms with E-state index in [0.717, 1.165) is 11.8 Å². The van der Waals surface area contributed by atoms with Gasteiger partial charge in [0.15, 0.2) is 12.0 Å². The van der Waals surface area contributed by atoms with Crippen molar-refractivity contribution in [2.45, 2.75) is 164 Å². The SMILES string of the molecule is CC(C)[C@H](NC(=O)[C@@H]1CCCN1C(=O)[C@H](CC(N)=O)NC(=O)[C@H](CC(=O)O)NC(=O)[C@H](Cc1ccccc1)NC(=O)[C@@H](N)CC(N)=O)C(=O)N[C@@H](Cc1ccc(O)cc1)C(=O)N[C@@H](CCCN=C(N)N)C(=O)N[C@@H](CCCCN)C(=O)N[C@H](C(=O)O)[C@@H](C)O. The van der Waals surface area contributed by atoms with Crippen molar-refractivity contribution in [1.82, 2.24) is 47.4 Å². The topological polar surface area (TPSA) is 571 Å². The van der Waals surface area contributed by atoms with Crippen molar-refractivity contribution in [3.8, 4) is 5.75 Å². The van der Waals surface area contributed by atoms with Gasteiger partial charge in [-0.2, -0.15) is 0 Å². The Kier molecular flexibility index (Phi) is 30.3. The third kappa shape index (κ3) is 25.4. The number of phenolic OH excluding ortho intramolecular Hbond substituents is 1. The second-order valence-electron chi connectivity index (χ2n) is 21.7. The minimum Gasteiger partial charge on any atom is -0.508 e. The number of phenols is 1. The lowest BCUT2D eigenvalue weighted by Crippen LogP contribution is -2.61. The molecular formula is C56H84N16O17. The van der Waals surface area contributed by atoms with Crippen molar-refractivity contribution < 1.29 is 82.8 Å². The van der Waals surface area contributed by atoms with Crippen LogP contribution in [-0.2, 0) is 75.2 Å². The Morgan fingerprint density at radius 1 is 0.573 bits per heavy atom. The lowest BCUT2D eigenvalue weighted by Gasteiger charge is -2.31. The van der Waals surface area contributed by atoms with Gasteiger partial charge in [0.05, 0.1) is 31.4 Å². The van der Waals surface area contributed by atoms with E-state index in [1.165, 1.54) is 24.3 Å². The molecule has 0 radical (unpaired) electrons. The normalized spacial score (nSPS) is 16.1. The summed E-state index contributed by atoms with van der Waals surface area (Å²) < 4.78 is 0. The number of aliphatic hydroxyl groups is 1. The number of guanidine groups is 1. The minimum atomic E-state index is -1.97. The fourth-order valence-corrected chi connectivity index (χ4v) is 9.32. The molecule has 1 aliphatic rings. The van der Waals surface area contributed by atoms with E-state index in [9.17, 15) is 82.8 Å². The summed E-state index contributed by atoms with van der Waals surface area (Å²) in [4.78, 5) is 179. The number of aliphatic carboxylic acids is 2. The average Bonchev–Trinajstić information content (AvgIpc) is 3.17. The first-order valence-corrected chi connectivity index (χ1v) is 28.7. The Balaban J connectivity index is 1.94. The van der Waals surface area contributed by atoms with Gasteiger partial charge in [-0.05, 0) is 87.6 Å². The molecule has 490 valence electrons. The number of rotatable bonds is 38. The molecule has 1 fully saturated rings. The van der Waals surface area contributed by atoms with Crippen LogP contribution in [0.3, 0.4) is 0 Å². The summed E-state index contributed by atoms with van der Waals surface area (Å²) in [5, 5.41) is 59.1. The number of amides is 11. The van der Waals surface area contributed by atoms with Crippen LogP contribution in [0.2, 0.25) is 0 Å². The predicted molar refractivity (Wildman–Crippen MR) is 317 cm³/mol. The Hall–Kier alpha value is -9.50. The second-order valence-corrected chi connectivity index (χ2v) is 21.7. The smallest absolute Gasteiger partial charge is 0.328 e. The predicted octanol–water partition coefficient (Wildman–Crippen LogP) is -6.10. The minimum absolute atomic E-state index is 0.0225. The molecule has 0 saturated carbocycles. The quantitative estimate of drug-likeness (QED) is 0.0169. The molecule has 3 rings (SSSR count). The number of carbonyl (C=O) groups excluding carboxylic acids is 11. The molecule has 11 atom stereocenters. The molecule has 0 aromatic heterocycles. The first kappa shape index (κ1) is 73.8. The van der Waals surface area contributed by atoms with E-state index in [0.29, 0.717) is 17.5 Å². The van der Waals surface area contributed by atoms with Gasteiger partial charge in [-0.25, -0.2) is 4.79 Å². The molecule has 2 aromatic rings. The van der Waals surface area contributed by atoms with E-state index in [2.05, 4.69) is 47.5 Å². The van der Waals surface area contributed by atoms with Crippen LogP contribution in [0.1, 0.15) is 96.1 Å². The molecule has 1 saturated heterocycles. The van der Waals surface area contributed by atoms with Crippen LogP contribution in [0.15, 0.2) is 59.6 Å². The molecule has 24 N–H and O–H groups in total. The van der Waals surface area contributed by atoms with E-state index in [4.69, 9.17) is 34.4 Å². The van der Waals surface area contributed by atoms with Crippen molar-refractivity contribution in [3.63, 3.8) is 0 Å². The highest BCUT2D eigenvalue weighted by atomic mass is 16.4. The number of benzene rings is 2. The number of primary amides is 2. The summed E-state index contributed by atoms with van der Waals surface area (Å²) in [5.74, 6) is -15.5. The van der Waals surface area contributed by atoms with E-state index in [-0.39, 0.29) is 82.7 Å². The fourth-order valence-electron chi connectivity index (χ4n) is 9.32. The van der Waals surface area contributed by atoms with E-state index >= 15 is 0 Å². The number of carboxylic acids is 2. The van der Waals surface area contributed by atoms with Gasteiger partial charge in [0, 0.05) is 25.9 Å². The third-order valence-corrected chi connectivity index (χ3v) is 14.0. The number of aromatic hydroxyl groups is 1. The standard InChI is InChI=1S/C56H84N16O17/c1-28(2)44(53(86)68-37(24-31-16-18-32(74)19-17-31)49(82)65-35(14-9-21-63-56(61)62)47(80)64-34(13-7-8-20-57)48(81)71-45(29(3)73)55(88)89)70-52(85)40-15-10-22-72(40)54(87)39(26-42(60)76)69-51(84)38(27-43(77)78)67-50(83)36(23-30-11-5-4-6-12-30)66-46(79)33(58)25-41(59)75/h4-6,11-12,16-19,28-29,33-40,44-45,73-74H,7-10,13-15,20-27,57-58H2,1-3H3,(H2,59,75)(H2,60,76)(H,64,80)(H,65,82)(H,66,79)(H,67,83)(H,68,86)(H,69,84)(H,70,85)(H,71,81)(H,77,78)(H,88,89)(H4,61,62,63)/t29-,33+,34+,35+,36+,37+,38+,39+,40+,44+,45+/m1/s1. The van der Waals surface area contributed by atoms with Gasteiger partial charge in [0.2, 0.25) is 65.0 Å². The molecule has 33 nitrogen and oxygen atoms in total. The maximum Gasteiger partial charge on any atom is 0.328 e. The number of nitrogens with two attached hydrogens (primary N) is 6. The van der Waals surface area contributed by atoms with Crippen LogP contribution in [-0.4, -0.2) is 194 Å². The number of aliphatic hydroxyl groups excluding tert-OH is 1. The van der Waals surface area contributed by atoms with Crippen LogP contribution < -0.4 is 76.9 Å². The molecule has 0 unspecified atom stereocenters. The Morgan fingerprint density at radius 3 is 1.58 bits per heavy atom. The fraction of sp³-hybridized carbons (Fsp3) is 0.536. The van der Waals surface area contributed by atoms with Crippen molar-refractivity contribution in [2.75, 3.05) is 19.6 Å². The number of carbonyl (C=O) groups is 13. The summed E-state index contributed by atoms with van der Waals surface area (Å²) in [7, 11) is 0. The van der Waals surface area contributed by atoms with E-state index in [1.807, 2.05) is 0 Å². The molecule has 2 aromatic carbocycles. The van der Waals surface area contributed by atoms with Gasteiger partial charge in [-0.1, -0.05) is 56.3 Å². The number of carboxylic acid groups (broad SMARTS) is 2. The molecule has 1 heterocycles. The van der Waals surface area contributed by atoms with Crippen molar-refractivity contribution in [2.24, 2.45) is 45.3 Å². The molecule has 1 aliphatic heterocycles. The lowest BCUT2D eigenvalue weighted by molar-refractivity contribution is -0.145. The zero-order valence-electron chi connectivity index (χ0n) is 49.7. The van der Waals surface area contributed by atoms with Crippen molar-refractivity contribution >= 4 is 82.9 Å². The summed E-state index contributed by atoms with van der Waals surface area (Å²) in [6.07, 6.45) is -3.96. The maximum atomic E-state index is 14.5. The number of likely N-dealkylation sites (tertiary alicyclic amines) is 1. The maximum absolute atomic E-state index is 14.5. The van der Waals surface area contributed by atoms with Gasteiger partial charge in [0.25, 0.3) is 0 Å². The largest absolute Gasteiger partial charge is 0.508 e. The lowest BCUT2D eigenvalue weighted by atomic mass is 9.99. The molecule has 0 bridgehead atoms. The summed E-state index contributed by atoms with van der Waals surface area (Å²) in [6.45, 7) is 4.28. The van der Waals surface area contributed by atoms with E-state index < -0.39 is 169 Å². The summed E-state index contributed by atoms with van der Waals surface area (Å²) in [6, 6.07) is -2.25. The van der Waals surface area contributed by atoms with Crippen molar-refractivity contribution in [3.05, 3.63) is 65.7 Å². The van der Waals surface area contributed by atoms with Gasteiger partial charge in [-0.3, -0.25) is 62.5 Å². The number of aliphatic imine (C=N–C) groups is 1. The Morgan fingerprint density at radius 2 is 1.07 bits per heavy atom. The number of hydrogen-bond acceptors (Lipinski definition) is 18. The van der Waals surface area contributed by atoms with Gasteiger partial charge >= 0.3 is 11.9 Å². The van der Waals surface area contributed by atoms with Gasteiger partial charge in [0.1, 0.15) is 54.1 Å². The summed E-state index contributed by atoms with van der Waals surface area (Å²) in [5.41, 5.74) is 34.1. The number of nitrogens with one attached hydrogen (secondary N) is 8. The van der Waals surface area contributed by atoms with Crippen LogP contribution in [0.4, 0.5) is 0 Å². The summed E-state index contributed by atoms with van der Waals surface area (Å²) >= 11 is 0. The highest BCUT2D eigenvalue weighted by Gasteiger charge is 2.42. The van der Waals surface area contributed by atoms with Crippen molar-refractivity contribution in [1.29, 1.82) is 0 Å². The number of unbranched alkanes of at least 4 members (excludes halogenated alkanes) is 1. The Bertz CT molecular complexity index is 2840. The van der Waals surface area contributed by atoms with Gasteiger partial charge < -0.3 is 102 Å². The molecular weight excluding hydrogens is 1170 g/mol. The molecule has 0 aliphatic carbocycles. The first-order chi connectivity index (χ1) is 41.9. The van der Waals surface area contributed by atoms with Crippen LogP contribution in [0, 0.1) is 5.92 Å². The number of nitrogens with zero attached hydrogens (tertiary/aromatic N) is 2. The number of hydrogen-bond donors (Lipinski definition) is 18. The molecule has 33 heteroatoms. The first-order valence-electron chi connectivity index (χ1n) is 28.7. The zero-order valence-corrected chi connectivity index (χ0v) is 49.7. The highest BCUT2D eigenvalue weighted by molar-refractivity contribution is 6.00. The molecule has 11 amide bonds. The third-order valence-electron chi connectivity index (χ3n) is 14.0. The van der Waals surface area contributed by atoms with Gasteiger partial charge in [-0.15, -0.1) is 0 Å². The zero-order chi connectivity index (χ0) is 66.7. The Labute approximate surface area is 512 Å².